The van der Waals surface area contributed by atoms with Crippen molar-refractivity contribution in [1.29, 1.82) is 0 Å². The average molecular weight is 431 g/mol. The van der Waals surface area contributed by atoms with Crippen molar-refractivity contribution >= 4 is 51.0 Å². The summed E-state index contributed by atoms with van der Waals surface area (Å²) in [6.07, 6.45) is 3.73. The number of thiazole rings is 1. The number of nitro groups is 1. The maximum atomic E-state index is 12.5. The smallest absolute Gasteiger partial charge is 0.271 e. The van der Waals surface area contributed by atoms with Crippen LogP contribution in [0.3, 0.4) is 0 Å². The Morgan fingerprint density at radius 3 is 2.65 bits per heavy atom. The molecule has 0 aliphatic rings. The van der Waals surface area contributed by atoms with E-state index in [1.54, 1.807) is 37.4 Å². The number of rotatable bonds is 6. The van der Waals surface area contributed by atoms with Gasteiger partial charge in [0.05, 0.1) is 22.2 Å². The van der Waals surface area contributed by atoms with Gasteiger partial charge in [-0.05, 0) is 54.1 Å². The number of nitrogens with zero attached hydrogens (tertiary/aromatic N) is 2. The molecule has 31 heavy (non-hydrogen) atoms. The van der Waals surface area contributed by atoms with Crippen LogP contribution in [-0.2, 0) is 0 Å². The maximum Gasteiger partial charge on any atom is 0.271 e. The Morgan fingerprint density at radius 1 is 1.10 bits per heavy atom. The summed E-state index contributed by atoms with van der Waals surface area (Å²) in [5.74, 6) is 0.477. The van der Waals surface area contributed by atoms with Crippen LogP contribution in [0.5, 0.6) is 5.75 Å². The molecule has 0 fully saturated rings. The van der Waals surface area contributed by atoms with Crippen LogP contribution in [0, 0.1) is 10.1 Å². The molecule has 8 heteroatoms. The summed E-state index contributed by atoms with van der Waals surface area (Å²) in [6, 6.07) is 19.0. The van der Waals surface area contributed by atoms with Gasteiger partial charge in [0.25, 0.3) is 11.6 Å². The number of fused-ring (bicyclic) bond motifs is 1. The van der Waals surface area contributed by atoms with Crippen molar-refractivity contribution in [3.8, 4) is 5.75 Å². The van der Waals surface area contributed by atoms with E-state index < -0.39 is 4.92 Å². The van der Waals surface area contributed by atoms with E-state index in [0.717, 1.165) is 15.3 Å². The van der Waals surface area contributed by atoms with Gasteiger partial charge in [-0.1, -0.05) is 18.2 Å². The Morgan fingerprint density at radius 2 is 1.90 bits per heavy atom. The third-order valence-electron chi connectivity index (χ3n) is 4.51. The zero-order chi connectivity index (χ0) is 21.8. The molecule has 0 unspecified atom stereocenters. The second-order valence-corrected chi connectivity index (χ2v) is 7.66. The van der Waals surface area contributed by atoms with Crippen LogP contribution in [0.25, 0.3) is 22.4 Å². The van der Waals surface area contributed by atoms with E-state index in [4.69, 9.17) is 4.74 Å². The summed E-state index contributed by atoms with van der Waals surface area (Å²) < 4.78 is 5.99. The van der Waals surface area contributed by atoms with Crippen LogP contribution in [0.2, 0.25) is 0 Å². The van der Waals surface area contributed by atoms with E-state index in [2.05, 4.69) is 10.3 Å². The van der Waals surface area contributed by atoms with Crippen molar-refractivity contribution in [1.82, 2.24) is 4.98 Å². The summed E-state index contributed by atoms with van der Waals surface area (Å²) in [4.78, 5) is 27.4. The lowest BCUT2D eigenvalue weighted by Gasteiger charge is -2.07. The summed E-state index contributed by atoms with van der Waals surface area (Å²) >= 11 is 1.45. The molecule has 0 bridgehead atoms. The minimum atomic E-state index is -0.431. The van der Waals surface area contributed by atoms with Crippen LogP contribution in [0.1, 0.15) is 20.9 Å². The van der Waals surface area contributed by atoms with Gasteiger partial charge in [0.15, 0.2) is 0 Å². The summed E-state index contributed by atoms with van der Waals surface area (Å²) in [5.41, 5.74) is 2.71. The molecule has 3 aromatic carbocycles. The molecule has 0 radical (unpaired) electrons. The van der Waals surface area contributed by atoms with Crippen LogP contribution in [-0.4, -0.2) is 22.9 Å². The highest BCUT2D eigenvalue weighted by Crippen LogP contribution is 2.27. The van der Waals surface area contributed by atoms with Crippen LogP contribution in [0.4, 0.5) is 11.4 Å². The lowest BCUT2D eigenvalue weighted by molar-refractivity contribution is -0.384. The number of nitro benzene ring substituents is 1. The summed E-state index contributed by atoms with van der Waals surface area (Å²) in [7, 11) is 1.58. The number of benzene rings is 3. The first kappa shape index (κ1) is 20.2. The Bertz CT molecular complexity index is 1300. The van der Waals surface area contributed by atoms with Crippen LogP contribution >= 0.6 is 11.3 Å². The van der Waals surface area contributed by atoms with Crippen LogP contribution in [0.15, 0.2) is 66.7 Å². The number of carbonyl (C=O) groups is 1. The molecule has 0 aliphatic carbocycles. The molecule has 154 valence electrons. The van der Waals surface area contributed by atoms with Crippen molar-refractivity contribution in [2.45, 2.75) is 0 Å². The van der Waals surface area contributed by atoms with Gasteiger partial charge in [0.2, 0.25) is 0 Å². The molecule has 0 aliphatic heterocycles. The van der Waals surface area contributed by atoms with Crippen molar-refractivity contribution < 1.29 is 14.5 Å². The minimum Gasteiger partial charge on any atom is -0.497 e. The molecule has 0 saturated heterocycles. The summed E-state index contributed by atoms with van der Waals surface area (Å²) in [5, 5.41) is 14.5. The van der Waals surface area contributed by atoms with Crippen molar-refractivity contribution in [2.24, 2.45) is 0 Å². The third-order valence-corrected chi connectivity index (χ3v) is 5.52. The standard InChI is InChI=1S/C23H17N3O4S/c1-30-19-9-6-16(7-10-19)23(27)24-17-4-2-3-15(13-17)5-12-22-25-20-14-18(26(28)29)8-11-21(20)31-22/h2-14H,1H3,(H,24,27)/b12-5+. The number of hydrogen-bond donors (Lipinski definition) is 1. The third kappa shape index (κ3) is 4.76. The number of hydrogen-bond acceptors (Lipinski definition) is 6. The monoisotopic (exact) mass is 431 g/mol. The van der Waals surface area contributed by atoms with Crippen LogP contribution < -0.4 is 10.1 Å². The molecule has 0 spiro atoms. The zero-order valence-electron chi connectivity index (χ0n) is 16.4. The molecular weight excluding hydrogens is 414 g/mol. The van der Waals surface area contributed by atoms with Gasteiger partial charge >= 0.3 is 0 Å². The molecule has 1 amide bonds. The second kappa shape index (κ2) is 8.76. The lowest BCUT2D eigenvalue weighted by Crippen LogP contribution is -2.11. The number of non-ortho nitro benzene ring substituents is 1. The van der Waals surface area contributed by atoms with Gasteiger partial charge in [0.1, 0.15) is 10.8 Å². The van der Waals surface area contributed by atoms with Gasteiger partial charge in [0, 0.05) is 23.4 Å². The zero-order valence-corrected chi connectivity index (χ0v) is 17.3. The number of ether oxygens (including phenoxy) is 1. The highest BCUT2D eigenvalue weighted by molar-refractivity contribution is 7.19. The van der Waals surface area contributed by atoms with Gasteiger partial charge in [-0.25, -0.2) is 4.98 Å². The molecule has 4 aromatic rings. The summed E-state index contributed by atoms with van der Waals surface area (Å²) in [6.45, 7) is 0. The fourth-order valence-corrected chi connectivity index (χ4v) is 3.80. The average Bonchev–Trinajstić information content (AvgIpc) is 3.20. The van der Waals surface area contributed by atoms with E-state index in [0.29, 0.717) is 22.5 Å². The first-order valence-electron chi connectivity index (χ1n) is 9.30. The normalized spacial score (nSPS) is 11.0. The largest absolute Gasteiger partial charge is 0.497 e. The molecule has 0 saturated carbocycles. The Hall–Kier alpha value is -4.04. The van der Waals surface area contributed by atoms with Crippen molar-refractivity contribution in [2.75, 3.05) is 12.4 Å². The quantitative estimate of drug-likeness (QED) is 0.315. The number of nitrogens with one attached hydrogen (secondary N) is 1. The fraction of sp³-hybridized carbons (Fsp3) is 0.0435. The van der Waals surface area contributed by atoms with Gasteiger partial charge in [-0.2, -0.15) is 0 Å². The predicted molar refractivity (Wildman–Crippen MR) is 123 cm³/mol. The molecular formula is C23H17N3O4S. The van der Waals surface area contributed by atoms with Crippen molar-refractivity contribution in [3.63, 3.8) is 0 Å². The SMILES string of the molecule is COc1ccc(C(=O)Nc2cccc(/C=C/c3nc4cc([N+](=O)[O-])ccc4s3)c2)cc1. The van der Waals surface area contributed by atoms with E-state index in [1.165, 1.54) is 23.5 Å². The maximum absolute atomic E-state index is 12.5. The first-order valence-corrected chi connectivity index (χ1v) is 10.1. The minimum absolute atomic E-state index is 0.0219. The Kier molecular flexibility index (Phi) is 5.72. The van der Waals surface area contributed by atoms with Gasteiger partial charge < -0.3 is 10.1 Å². The van der Waals surface area contributed by atoms with Gasteiger partial charge in [-0.15, -0.1) is 11.3 Å². The van der Waals surface area contributed by atoms with E-state index in [-0.39, 0.29) is 11.6 Å². The van der Waals surface area contributed by atoms with Crippen molar-refractivity contribution in [3.05, 3.63) is 93.0 Å². The molecule has 0 atom stereocenters. The van der Waals surface area contributed by atoms with E-state index in [1.807, 2.05) is 36.4 Å². The Labute approximate surface area is 181 Å². The van der Waals surface area contributed by atoms with Gasteiger partial charge in [-0.3, -0.25) is 14.9 Å². The molecule has 7 nitrogen and oxygen atoms in total. The fourth-order valence-electron chi connectivity index (χ4n) is 2.95. The van der Waals surface area contributed by atoms with E-state index in [9.17, 15) is 14.9 Å². The number of amides is 1. The number of carbonyl (C=O) groups excluding carboxylic acids is 1. The second-order valence-electron chi connectivity index (χ2n) is 6.60. The number of methoxy groups -OCH3 is 1. The molecule has 1 heterocycles. The first-order chi connectivity index (χ1) is 15.0. The number of anilines is 1. The highest BCUT2D eigenvalue weighted by Gasteiger charge is 2.09. The Balaban J connectivity index is 1.49. The molecule has 4 rings (SSSR count). The number of aromatic nitrogens is 1. The highest BCUT2D eigenvalue weighted by atomic mass is 32.1. The predicted octanol–water partition coefficient (Wildman–Crippen LogP) is 5.64. The van der Waals surface area contributed by atoms with E-state index >= 15 is 0 Å². The molecule has 1 aromatic heterocycles. The topological polar surface area (TPSA) is 94.4 Å². The molecule has 1 N–H and O–H groups in total. The lowest BCUT2D eigenvalue weighted by atomic mass is 10.1.